The molecule has 14 heteroatoms. The number of nitrogens with one attached hydrogen (secondary N) is 3. The van der Waals surface area contributed by atoms with Gasteiger partial charge in [-0.05, 0) is 43.6 Å². The second kappa shape index (κ2) is 11.1. The summed E-state index contributed by atoms with van der Waals surface area (Å²) in [6, 6.07) is 0.945. The summed E-state index contributed by atoms with van der Waals surface area (Å²) in [6.07, 6.45) is -3.37. The molecule has 3 heterocycles. The molecule has 0 bridgehead atoms. The van der Waals surface area contributed by atoms with Gasteiger partial charge in [-0.15, -0.1) is 11.3 Å². The van der Waals surface area contributed by atoms with Crippen molar-refractivity contribution < 1.29 is 37.0 Å². The SMILES string of the molecule is CNC(=O)c1csc2c(C(F)(F)F)cc(N3CC[C@H](OC(=O)NCC4CC4)[C@H](OC(=O)NCC4CC4)C3)nc12. The Morgan fingerprint density at radius 2 is 1.64 bits per heavy atom. The maximum absolute atomic E-state index is 14.0. The van der Waals surface area contributed by atoms with Crippen molar-refractivity contribution in [3.63, 3.8) is 0 Å². The van der Waals surface area contributed by atoms with E-state index in [2.05, 4.69) is 20.9 Å². The lowest BCUT2D eigenvalue weighted by atomic mass is 10.0. The Morgan fingerprint density at radius 3 is 2.21 bits per heavy atom. The van der Waals surface area contributed by atoms with E-state index in [4.69, 9.17) is 9.47 Å². The summed E-state index contributed by atoms with van der Waals surface area (Å²) in [5, 5.41) is 9.20. The highest BCUT2D eigenvalue weighted by atomic mass is 32.1. The average Bonchev–Trinajstić information content (AvgIpc) is 3.83. The van der Waals surface area contributed by atoms with E-state index in [-0.39, 0.29) is 41.1 Å². The van der Waals surface area contributed by atoms with Crippen LogP contribution in [0.5, 0.6) is 0 Å². The molecular weight excluding hydrogens is 539 g/mol. The van der Waals surface area contributed by atoms with Gasteiger partial charge in [0.05, 0.1) is 27.9 Å². The van der Waals surface area contributed by atoms with Crippen LogP contribution >= 0.6 is 11.3 Å². The molecule has 1 aliphatic heterocycles. The first-order chi connectivity index (χ1) is 18.6. The Kier molecular flexibility index (Phi) is 7.74. The van der Waals surface area contributed by atoms with E-state index in [0.29, 0.717) is 24.9 Å². The molecule has 2 atom stereocenters. The molecule has 0 spiro atoms. The molecule has 212 valence electrons. The van der Waals surface area contributed by atoms with E-state index in [1.54, 1.807) is 4.90 Å². The van der Waals surface area contributed by atoms with E-state index < -0.39 is 42.0 Å². The number of pyridine rings is 1. The maximum atomic E-state index is 14.0. The van der Waals surface area contributed by atoms with Crippen LogP contribution in [0, 0.1) is 11.8 Å². The summed E-state index contributed by atoms with van der Waals surface area (Å²) in [4.78, 5) is 43.2. The lowest BCUT2D eigenvalue weighted by molar-refractivity contribution is -0.136. The zero-order valence-corrected chi connectivity index (χ0v) is 22.1. The Morgan fingerprint density at radius 1 is 1.03 bits per heavy atom. The molecule has 3 amide bonds. The number of anilines is 1. The van der Waals surface area contributed by atoms with E-state index >= 15 is 0 Å². The lowest BCUT2D eigenvalue weighted by Gasteiger charge is -2.38. The van der Waals surface area contributed by atoms with Gasteiger partial charge in [-0.2, -0.15) is 13.2 Å². The normalized spacial score (nSPS) is 21.4. The van der Waals surface area contributed by atoms with Crippen LogP contribution in [-0.2, 0) is 15.7 Å². The molecule has 5 rings (SSSR count). The average molecular weight is 570 g/mol. The minimum atomic E-state index is -4.68. The molecule has 0 aromatic carbocycles. The van der Waals surface area contributed by atoms with Gasteiger partial charge in [-0.25, -0.2) is 14.6 Å². The number of halogens is 3. The third-order valence-corrected chi connectivity index (χ3v) is 8.09. The zero-order chi connectivity index (χ0) is 27.7. The Bertz CT molecular complexity index is 1250. The van der Waals surface area contributed by atoms with Crippen LogP contribution in [0.1, 0.15) is 48.0 Å². The van der Waals surface area contributed by atoms with E-state index in [1.165, 1.54) is 12.4 Å². The number of carbonyl (C=O) groups is 3. The van der Waals surface area contributed by atoms with Crippen molar-refractivity contribution in [1.82, 2.24) is 20.9 Å². The van der Waals surface area contributed by atoms with Crippen LogP contribution in [-0.4, -0.2) is 68.5 Å². The quantitative estimate of drug-likeness (QED) is 0.441. The van der Waals surface area contributed by atoms with E-state index in [0.717, 1.165) is 43.1 Å². The molecule has 2 aliphatic carbocycles. The Labute approximate surface area is 226 Å². The number of hydrogen-bond donors (Lipinski definition) is 3. The number of hydrogen-bond acceptors (Lipinski definition) is 8. The van der Waals surface area contributed by atoms with Crippen LogP contribution < -0.4 is 20.9 Å². The van der Waals surface area contributed by atoms with Gasteiger partial charge in [-0.3, -0.25) is 4.79 Å². The Balaban J connectivity index is 1.38. The van der Waals surface area contributed by atoms with Crippen LogP contribution in [0.3, 0.4) is 0 Å². The van der Waals surface area contributed by atoms with Crippen LogP contribution in [0.25, 0.3) is 10.2 Å². The lowest BCUT2D eigenvalue weighted by Crippen LogP contribution is -2.52. The molecule has 2 saturated carbocycles. The van der Waals surface area contributed by atoms with Crippen LogP contribution in [0.2, 0.25) is 0 Å². The first-order valence-corrected chi connectivity index (χ1v) is 13.9. The summed E-state index contributed by atoms with van der Waals surface area (Å²) in [6.45, 7) is 1.12. The molecular formula is C25H30F3N5O5S. The first-order valence-electron chi connectivity index (χ1n) is 13.0. The van der Waals surface area contributed by atoms with Crippen molar-refractivity contribution >= 4 is 45.5 Å². The number of aromatic nitrogens is 1. The second-order valence-electron chi connectivity index (χ2n) is 10.2. The first kappa shape index (κ1) is 27.3. The highest BCUT2D eigenvalue weighted by molar-refractivity contribution is 7.17. The summed E-state index contributed by atoms with van der Waals surface area (Å²) < 4.78 is 53.1. The van der Waals surface area contributed by atoms with Gasteiger partial charge in [0, 0.05) is 38.5 Å². The Hall–Kier alpha value is -3.29. The summed E-state index contributed by atoms with van der Waals surface area (Å²) in [7, 11) is 1.39. The third-order valence-electron chi connectivity index (χ3n) is 7.09. The number of carbonyl (C=O) groups excluding carboxylic acids is 3. The number of nitrogens with zero attached hydrogens (tertiary/aromatic N) is 2. The van der Waals surface area contributed by atoms with Crippen molar-refractivity contribution in [2.24, 2.45) is 11.8 Å². The third kappa shape index (κ3) is 6.65. The molecule has 3 fully saturated rings. The van der Waals surface area contributed by atoms with E-state index in [1.807, 2.05) is 0 Å². The molecule has 3 N–H and O–H groups in total. The molecule has 0 unspecified atom stereocenters. The largest absolute Gasteiger partial charge is 0.442 e. The van der Waals surface area contributed by atoms with E-state index in [9.17, 15) is 27.6 Å². The predicted octanol–water partition coefficient (Wildman–Crippen LogP) is 3.89. The van der Waals surface area contributed by atoms with Crippen LogP contribution in [0.15, 0.2) is 11.4 Å². The number of fused-ring (bicyclic) bond motifs is 1. The van der Waals surface area contributed by atoms with Gasteiger partial charge in [-0.1, -0.05) is 0 Å². The summed E-state index contributed by atoms with van der Waals surface area (Å²) >= 11 is 0.803. The minimum Gasteiger partial charge on any atom is -0.442 e. The minimum absolute atomic E-state index is 0.0120. The topological polar surface area (TPSA) is 122 Å². The van der Waals surface area contributed by atoms with Gasteiger partial charge in [0.25, 0.3) is 5.91 Å². The second-order valence-corrected chi connectivity index (χ2v) is 11.1. The fraction of sp³-hybridized carbons (Fsp3) is 0.600. The fourth-order valence-electron chi connectivity index (χ4n) is 4.47. The van der Waals surface area contributed by atoms with Crippen molar-refractivity contribution in [2.45, 2.75) is 50.5 Å². The number of piperidine rings is 1. The predicted molar refractivity (Wildman–Crippen MR) is 137 cm³/mol. The molecule has 10 nitrogen and oxygen atoms in total. The standard InChI is InChI=1S/C25H30F3N5O5S/c1-29-22(34)15-12-39-21-16(25(26,27)28)8-19(32-20(15)21)33-7-6-17(37-23(35)30-9-13-2-3-13)18(11-33)38-24(36)31-10-14-4-5-14/h8,12-14,17-18H,2-7,9-11H2,1H3,(H,29,34)(H,30,35)(H,31,36)/t17-,18+/m0/s1. The van der Waals surface area contributed by atoms with Gasteiger partial charge in [0.1, 0.15) is 11.9 Å². The molecule has 39 heavy (non-hydrogen) atoms. The van der Waals surface area contributed by atoms with Gasteiger partial charge in [0.15, 0.2) is 6.10 Å². The smallest absolute Gasteiger partial charge is 0.417 e. The van der Waals surface area contributed by atoms with Crippen molar-refractivity contribution in [3.05, 3.63) is 22.6 Å². The maximum Gasteiger partial charge on any atom is 0.417 e. The van der Waals surface area contributed by atoms with Gasteiger partial charge >= 0.3 is 18.4 Å². The van der Waals surface area contributed by atoms with Gasteiger partial charge in [0.2, 0.25) is 0 Å². The number of alkyl carbamates (subject to hydrolysis) is 2. The number of thiophene rings is 1. The van der Waals surface area contributed by atoms with Crippen molar-refractivity contribution in [2.75, 3.05) is 38.1 Å². The molecule has 2 aromatic heterocycles. The summed E-state index contributed by atoms with van der Waals surface area (Å²) in [5.41, 5.74) is -0.913. The molecule has 3 aliphatic rings. The van der Waals surface area contributed by atoms with Crippen molar-refractivity contribution in [3.8, 4) is 0 Å². The highest BCUT2D eigenvalue weighted by Gasteiger charge is 2.39. The van der Waals surface area contributed by atoms with Crippen LogP contribution in [0.4, 0.5) is 28.6 Å². The zero-order valence-electron chi connectivity index (χ0n) is 21.3. The number of alkyl halides is 3. The molecule has 0 radical (unpaired) electrons. The molecule has 1 saturated heterocycles. The number of rotatable bonds is 8. The highest BCUT2D eigenvalue weighted by Crippen LogP contribution is 2.40. The van der Waals surface area contributed by atoms with Gasteiger partial charge < -0.3 is 30.3 Å². The number of amides is 3. The van der Waals surface area contributed by atoms with Crippen molar-refractivity contribution in [1.29, 1.82) is 0 Å². The monoisotopic (exact) mass is 569 g/mol. The molecule has 2 aromatic rings. The summed E-state index contributed by atoms with van der Waals surface area (Å²) in [5.74, 6) is 0.302. The number of ether oxygens (including phenoxy) is 2. The fourth-order valence-corrected chi connectivity index (χ4v) is 5.50.